The maximum Gasteiger partial charge on any atom is 0.333 e. The van der Waals surface area contributed by atoms with Gasteiger partial charge in [-0.15, -0.1) is 3.89 Å². The van der Waals surface area contributed by atoms with Crippen LogP contribution in [0.4, 0.5) is 3.89 Å². The van der Waals surface area contributed by atoms with Gasteiger partial charge in [-0.05, 0) is 44.2 Å². The molecule has 0 spiro atoms. The quantitative estimate of drug-likeness (QED) is 0.369. The molecule has 0 fully saturated rings. The third-order valence-electron chi connectivity index (χ3n) is 5.84. The van der Waals surface area contributed by atoms with E-state index in [9.17, 15) is 22.4 Å². The molecule has 35 heavy (non-hydrogen) atoms. The number of hydrogen-bond acceptors (Lipinski definition) is 6. The molecule has 3 aromatic heterocycles. The number of hydrogen-bond donors (Lipinski definition) is 1. The first-order chi connectivity index (χ1) is 16.6. The van der Waals surface area contributed by atoms with Crippen LogP contribution in [0.25, 0.3) is 44.0 Å². The minimum Gasteiger partial charge on any atom is -0.490 e. The van der Waals surface area contributed by atoms with Crippen LogP contribution >= 0.6 is 0 Å². The summed E-state index contributed by atoms with van der Waals surface area (Å²) in [6, 6.07) is 11.7. The van der Waals surface area contributed by atoms with Crippen LogP contribution in [-0.2, 0) is 17.3 Å². The van der Waals surface area contributed by atoms with Gasteiger partial charge in [0, 0.05) is 41.5 Å². The number of rotatable bonds is 4. The number of fused-ring (bicyclic) bond motifs is 4. The Morgan fingerprint density at radius 1 is 1.14 bits per heavy atom. The standard InChI is InChI=1S/C25H19FN4O4S/c1-13(2)34-22-9-19-21(8-18(22)15-7-16(12-28-11-15)35(26,32)33)30(3)25-23(24(19)31)17-5-4-14(10-27)6-20(17)29-25/h4-9,11-13,29H,1-3H3. The fourth-order valence-corrected chi connectivity index (χ4v) is 4.75. The molecule has 176 valence electrons. The molecule has 0 saturated heterocycles. The summed E-state index contributed by atoms with van der Waals surface area (Å²) in [4.78, 5) is 20.2. The topological polar surface area (TPSA) is 118 Å². The van der Waals surface area contributed by atoms with E-state index in [-0.39, 0.29) is 11.5 Å². The van der Waals surface area contributed by atoms with E-state index < -0.39 is 15.1 Å². The Balaban J connectivity index is 1.88. The van der Waals surface area contributed by atoms with Crippen molar-refractivity contribution in [2.45, 2.75) is 24.8 Å². The highest BCUT2D eigenvalue weighted by molar-refractivity contribution is 7.86. The number of aryl methyl sites for hydroxylation is 1. The van der Waals surface area contributed by atoms with Gasteiger partial charge in [0.05, 0.1) is 34.0 Å². The van der Waals surface area contributed by atoms with Gasteiger partial charge in [-0.1, -0.05) is 6.07 Å². The van der Waals surface area contributed by atoms with Crippen LogP contribution < -0.4 is 10.2 Å². The van der Waals surface area contributed by atoms with E-state index in [1.54, 1.807) is 37.4 Å². The molecule has 0 saturated carbocycles. The number of H-pyrrole nitrogens is 1. The molecule has 10 heteroatoms. The third-order valence-corrected chi connectivity index (χ3v) is 6.63. The Bertz CT molecular complexity index is 1880. The molecular weight excluding hydrogens is 471 g/mol. The molecule has 8 nitrogen and oxygen atoms in total. The Hall–Kier alpha value is -4.23. The Kier molecular flexibility index (Phi) is 5.11. The highest BCUT2D eigenvalue weighted by atomic mass is 32.3. The van der Waals surface area contributed by atoms with Crippen molar-refractivity contribution in [1.29, 1.82) is 5.26 Å². The fraction of sp³-hybridized carbons (Fsp3) is 0.160. The van der Waals surface area contributed by atoms with E-state index in [1.807, 2.05) is 18.4 Å². The molecule has 2 aromatic carbocycles. The monoisotopic (exact) mass is 490 g/mol. The first-order valence-electron chi connectivity index (χ1n) is 10.7. The zero-order valence-corrected chi connectivity index (χ0v) is 19.8. The largest absolute Gasteiger partial charge is 0.490 e. The summed E-state index contributed by atoms with van der Waals surface area (Å²) < 4.78 is 44.4. The van der Waals surface area contributed by atoms with E-state index in [0.29, 0.717) is 55.3 Å². The molecule has 0 atom stereocenters. The van der Waals surface area contributed by atoms with Gasteiger partial charge < -0.3 is 14.3 Å². The van der Waals surface area contributed by atoms with Gasteiger partial charge in [-0.3, -0.25) is 9.78 Å². The van der Waals surface area contributed by atoms with E-state index in [1.165, 1.54) is 12.3 Å². The lowest BCUT2D eigenvalue weighted by atomic mass is 10.0. The maximum absolute atomic E-state index is 13.7. The van der Waals surface area contributed by atoms with Crippen LogP contribution in [0, 0.1) is 11.3 Å². The van der Waals surface area contributed by atoms with E-state index >= 15 is 0 Å². The minimum absolute atomic E-state index is 0.220. The molecule has 5 rings (SSSR count). The van der Waals surface area contributed by atoms with Crippen molar-refractivity contribution in [3.63, 3.8) is 0 Å². The van der Waals surface area contributed by atoms with Gasteiger partial charge in [0.1, 0.15) is 16.3 Å². The summed E-state index contributed by atoms with van der Waals surface area (Å²) in [5.41, 5.74) is 2.80. The number of pyridine rings is 2. The first kappa shape index (κ1) is 22.6. The van der Waals surface area contributed by atoms with Crippen LogP contribution in [0.15, 0.2) is 58.5 Å². The number of nitrogens with one attached hydrogen (secondary N) is 1. The Labute approximate surface area is 199 Å². The van der Waals surface area contributed by atoms with Crippen LogP contribution in [0.2, 0.25) is 0 Å². The predicted octanol–water partition coefficient (Wildman–Crippen LogP) is 4.55. The van der Waals surface area contributed by atoms with Crippen molar-refractivity contribution in [2.24, 2.45) is 7.05 Å². The number of nitriles is 1. The van der Waals surface area contributed by atoms with E-state index in [2.05, 4.69) is 16.0 Å². The molecule has 3 heterocycles. The van der Waals surface area contributed by atoms with Gasteiger partial charge >= 0.3 is 10.2 Å². The summed E-state index contributed by atoms with van der Waals surface area (Å²) in [6.45, 7) is 3.64. The average molecular weight is 491 g/mol. The SMILES string of the molecule is CC(C)Oc1cc2c(=O)c3c4ccc(C#N)cc4[nH]c3n(C)c2cc1-c1cncc(S(=O)(=O)F)c1. The zero-order valence-electron chi connectivity index (χ0n) is 19.0. The maximum atomic E-state index is 13.7. The van der Waals surface area contributed by atoms with Crippen molar-refractivity contribution < 1.29 is 17.0 Å². The number of halogens is 1. The molecule has 0 amide bonds. The van der Waals surface area contributed by atoms with E-state index in [0.717, 1.165) is 6.20 Å². The normalized spacial score (nSPS) is 12.0. The molecule has 0 radical (unpaired) electrons. The van der Waals surface area contributed by atoms with Crippen molar-refractivity contribution in [1.82, 2.24) is 14.5 Å². The number of ether oxygens (including phenoxy) is 1. The third kappa shape index (κ3) is 3.70. The number of aromatic amines is 1. The van der Waals surface area contributed by atoms with Crippen LogP contribution in [-0.4, -0.2) is 29.1 Å². The molecule has 0 aliphatic rings. The lowest BCUT2D eigenvalue weighted by Crippen LogP contribution is -2.11. The number of aromatic nitrogens is 3. The van der Waals surface area contributed by atoms with Crippen LogP contribution in [0.1, 0.15) is 19.4 Å². The van der Waals surface area contributed by atoms with Crippen LogP contribution in [0.5, 0.6) is 5.75 Å². The molecular formula is C25H19FN4O4S. The minimum atomic E-state index is -4.96. The molecule has 0 unspecified atom stereocenters. The molecule has 0 aliphatic heterocycles. The number of benzene rings is 2. The van der Waals surface area contributed by atoms with Gasteiger partial charge in [0.25, 0.3) is 0 Å². The highest BCUT2D eigenvalue weighted by Crippen LogP contribution is 2.36. The average Bonchev–Trinajstić information content (AvgIpc) is 3.20. The summed E-state index contributed by atoms with van der Waals surface area (Å²) >= 11 is 0. The Morgan fingerprint density at radius 3 is 2.60 bits per heavy atom. The predicted molar refractivity (Wildman–Crippen MR) is 131 cm³/mol. The summed E-state index contributed by atoms with van der Waals surface area (Å²) in [5.74, 6) is 0.339. The van der Waals surface area contributed by atoms with Gasteiger partial charge in [-0.25, -0.2) is 0 Å². The second-order valence-electron chi connectivity index (χ2n) is 8.49. The van der Waals surface area contributed by atoms with Gasteiger partial charge in [0.15, 0.2) is 5.43 Å². The van der Waals surface area contributed by atoms with E-state index in [4.69, 9.17) is 4.74 Å². The first-order valence-corrected chi connectivity index (χ1v) is 12.1. The lowest BCUT2D eigenvalue weighted by Gasteiger charge is -2.17. The second-order valence-corrected chi connectivity index (χ2v) is 9.84. The summed E-state index contributed by atoms with van der Waals surface area (Å²) in [5, 5.41) is 10.8. The number of nitrogens with zero attached hydrogens (tertiary/aromatic N) is 3. The molecule has 0 bridgehead atoms. The van der Waals surface area contributed by atoms with Crippen molar-refractivity contribution >= 4 is 43.1 Å². The summed E-state index contributed by atoms with van der Waals surface area (Å²) in [6.07, 6.45) is 2.09. The molecule has 5 aromatic rings. The van der Waals surface area contributed by atoms with Crippen molar-refractivity contribution in [3.8, 4) is 22.9 Å². The van der Waals surface area contributed by atoms with Crippen molar-refractivity contribution in [2.75, 3.05) is 0 Å². The lowest BCUT2D eigenvalue weighted by molar-refractivity contribution is 0.244. The van der Waals surface area contributed by atoms with Crippen molar-refractivity contribution in [3.05, 3.63) is 64.6 Å². The molecule has 0 aliphatic carbocycles. The zero-order chi connectivity index (χ0) is 25.1. The highest BCUT2D eigenvalue weighted by Gasteiger charge is 2.20. The molecule has 1 N–H and O–H groups in total. The van der Waals surface area contributed by atoms with Gasteiger partial charge in [0.2, 0.25) is 0 Å². The van der Waals surface area contributed by atoms with Gasteiger partial charge in [-0.2, -0.15) is 13.7 Å². The fourth-order valence-electron chi connectivity index (χ4n) is 4.29. The summed E-state index contributed by atoms with van der Waals surface area (Å²) in [7, 11) is -3.17. The van der Waals surface area contributed by atoms with Crippen LogP contribution in [0.3, 0.4) is 0 Å². The smallest absolute Gasteiger partial charge is 0.333 e. The second kappa shape index (κ2) is 7.92. The Morgan fingerprint density at radius 2 is 1.91 bits per heavy atom.